The van der Waals surface area contributed by atoms with Crippen molar-refractivity contribution in [3.8, 4) is 5.00 Å². The van der Waals surface area contributed by atoms with Crippen molar-refractivity contribution in [1.29, 1.82) is 0 Å². The van der Waals surface area contributed by atoms with E-state index in [4.69, 9.17) is 4.74 Å². The first-order chi connectivity index (χ1) is 14.3. The third-order valence-electron chi connectivity index (χ3n) is 5.53. The van der Waals surface area contributed by atoms with Gasteiger partial charge in [-0.15, -0.1) is 11.3 Å². The molecule has 2 aromatic heterocycles. The van der Waals surface area contributed by atoms with Crippen molar-refractivity contribution in [1.82, 2.24) is 23.6 Å². The minimum Gasteiger partial charge on any atom is -0.378 e. The Hall–Kier alpha value is -2.02. The maximum absolute atomic E-state index is 13.1. The fourth-order valence-corrected chi connectivity index (χ4v) is 5.49. The van der Waals surface area contributed by atoms with Crippen LogP contribution < -0.4 is 5.69 Å². The summed E-state index contributed by atoms with van der Waals surface area (Å²) >= 11 is 1.42. The second-order valence-corrected chi connectivity index (χ2v) is 10.4. The molecule has 10 nitrogen and oxygen atoms in total. The Bertz CT molecular complexity index is 1050. The molecule has 0 atom stereocenters. The van der Waals surface area contributed by atoms with Gasteiger partial charge in [0.2, 0.25) is 15.9 Å². The summed E-state index contributed by atoms with van der Waals surface area (Å²) in [6.45, 7) is 2.67. The molecule has 30 heavy (non-hydrogen) atoms. The van der Waals surface area contributed by atoms with Crippen molar-refractivity contribution in [2.24, 2.45) is 0 Å². The van der Waals surface area contributed by atoms with Crippen LogP contribution in [0.25, 0.3) is 5.00 Å². The Morgan fingerprint density at radius 1 is 1.23 bits per heavy atom. The average molecular weight is 456 g/mol. The van der Waals surface area contributed by atoms with E-state index in [1.54, 1.807) is 9.47 Å². The molecule has 4 rings (SSSR count). The van der Waals surface area contributed by atoms with Crippen molar-refractivity contribution in [2.45, 2.75) is 25.3 Å². The summed E-state index contributed by atoms with van der Waals surface area (Å²) in [4.78, 5) is 27.5. The zero-order chi connectivity index (χ0) is 21.3. The van der Waals surface area contributed by atoms with Crippen LogP contribution in [0, 0.1) is 0 Å². The highest BCUT2D eigenvalue weighted by atomic mass is 32.2. The number of piperidine rings is 1. The molecule has 0 saturated carbocycles. The molecule has 0 spiro atoms. The summed E-state index contributed by atoms with van der Waals surface area (Å²) in [6.07, 6.45) is 2.36. The summed E-state index contributed by atoms with van der Waals surface area (Å²) in [5.74, 6) is 0.373. The number of rotatable bonds is 5. The summed E-state index contributed by atoms with van der Waals surface area (Å²) < 4.78 is 33.2. The van der Waals surface area contributed by atoms with Crippen LogP contribution in [-0.2, 0) is 26.1 Å². The molecule has 2 aliphatic rings. The lowest BCUT2D eigenvalue weighted by Gasteiger charge is -2.29. The van der Waals surface area contributed by atoms with E-state index in [0.29, 0.717) is 58.1 Å². The van der Waals surface area contributed by atoms with Gasteiger partial charge in [0.05, 0.1) is 19.5 Å². The third kappa shape index (κ3) is 4.36. The van der Waals surface area contributed by atoms with Crippen molar-refractivity contribution in [3.05, 3.63) is 33.8 Å². The monoisotopic (exact) mass is 455 g/mol. The van der Waals surface area contributed by atoms with Gasteiger partial charge < -0.3 is 9.64 Å². The van der Waals surface area contributed by atoms with E-state index < -0.39 is 10.0 Å². The number of morpholine rings is 1. The summed E-state index contributed by atoms with van der Waals surface area (Å²) in [5, 5.41) is 7.16. The lowest BCUT2D eigenvalue weighted by molar-refractivity contribution is -0.136. The van der Waals surface area contributed by atoms with Crippen LogP contribution in [0.4, 0.5) is 0 Å². The minimum atomic E-state index is -3.24. The maximum atomic E-state index is 13.1. The zero-order valence-electron chi connectivity index (χ0n) is 16.8. The number of aromatic nitrogens is 3. The number of thiophene rings is 1. The van der Waals surface area contributed by atoms with Crippen LogP contribution in [0.3, 0.4) is 0 Å². The highest BCUT2D eigenvalue weighted by Gasteiger charge is 2.31. The van der Waals surface area contributed by atoms with E-state index in [9.17, 15) is 18.0 Å². The number of carbonyl (C=O) groups excluding carboxylic acids is 1. The van der Waals surface area contributed by atoms with Crippen molar-refractivity contribution < 1.29 is 17.9 Å². The highest BCUT2D eigenvalue weighted by Crippen LogP contribution is 2.29. The van der Waals surface area contributed by atoms with Gasteiger partial charge in [-0.2, -0.15) is 5.10 Å². The SMILES string of the molecule is CS(=O)(=O)N1CCC(c2nn(CC(=O)N3CCOCC3)c(=O)n2-c2cccs2)CC1. The molecule has 4 heterocycles. The van der Waals surface area contributed by atoms with E-state index in [2.05, 4.69) is 5.10 Å². The van der Waals surface area contributed by atoms with Gasteiger partial charge in [0.25, 0.3) is 0 Å². The number of nitrogens with zero attached hydrogens (tertiary/aromatic N) is 5. The van der Waals surface area contributed by atoms with Gasteiger partial charge in [-0.1, -0.05) is 0 Å². The molecule has 0 unspecified atom stereocenters. The van der Waals surface area contributed by atoms with Gasteiger partial charge in [-0.05, 0) is 30.4 Å². The van der Waals surface area contributed by atoms with Gasteiger partial charge in [0.1, 0.15) is 17.4 Å². The Labute approximate surface area is 178 Å². The number of hydrogen-bond donors (Lipinski definition) is 0. The number of ether oxygens (including phenoxy) is 1. The standard InChI is InChI=1S/C18H25N5O5S2/c1-30(26,27)21-6-4-14(5-7-21)17-19-22(13-15(24)20-8-10-28-11-9-20)18(25)23(17)16-3-2-12-29-16/h2-3,12,14H,4-11,13H2,1H3. The molecule has 2 aromatic rings. The molecule has 0 aromatic carbocycles. The van der Waals surface area contributed by atoms with Crippen LogP contribution in [0.5, 0.6) is 0 Å². The fraction of sp³-hybridized carbons (Fsp3) is 0.611. The Morgan fingerprint density at radius 3 is 2.53 bits per heavy atom. The van der Waals surface area contributed by atoms with Crippen LogP contribution in [0.2, 0.25) is 0 Å². The first-order valence-electron chi connectivity index (χ1n) is 9.89. The van der Waals surface area contributed by atoms with Crippen molar-refractivity contribution >= 4 is 27.3 Å². The van der Waals surface area contributed by atoms with Crippen LogP contribution in [-0.4, -0.2) is 83.5 Å². The second kappa shape index (κ2) is 8.61. The average Bonchev–Trinajstić information content (AvgIpc) is 3.36. The number of hydrogen-bond acceptors (Lipinski definition) is 7. The van der Waals surface area contributed by atoms with E-state index in [1.165, 1.54) is 26.6 Å². The molecular formula is C18H25N5O5S2. The molecule has 0 N–H and O–H groups in total. The third-order valence-corrected chi connectivity index (χ3v) is 7.68. The Morgan fingerprint density at radius 2 is 1.93 bits per heavy atom. The zero-order valence-corrected chi connectivity index (χ0v) is 18.4. The lowest BCUT2D eigenvalue weighted by atomic mass is 9.97. The predicted octanol–water partition coefficient (Wildman–Crippen LogP) is 0.0933. The van der Waals surface area contributed by atoms with E-state index in [0.717, 1.165) is 5.00 Å². The second-order valence-electron chi connectivity index (χ2n) is 7.51. The molecule has 2 saturated heterocycles. The van der Waals surface area contributed by atoms with E-state index in [1.807, 2.05) is 17.5 Å². The molecule has 0 bridgehead atoms. The first kappa shape index (κ1) is 21.2. The molecular weight excluding hydrogens is 430 g/mol. The largest absolute Gasteiger partial charge is 0.378 e. The normalized spacial score (nSPS) is 19.3. The number of carbonyl (C=O) groups is 1. The highest BCUT2D eigenvalue weighted by molar-refractivity contribution is 7.88. The Kier molecular flexibility index (Phi) is 6.09. The van der Waals surface area contributed by atoms with Crippen molar-refractivity contribution in [3.63, 3.8) is 0 Å². The molecule has 0 aliphatic carbocycles. The summed E-state index contributed by atoms with van der Waals surface area (Å²) in [7, 11) is -3.24. The Balaban J connectivity index is 1.61. The van der Waals surface area contributed by atoms with Gasteiger partial charge in [0.15, 0.2) is 0 Å². The van der Waals surface area contributed by atoms with Gasteiger partial charge in [-0.25, -0.2) is 26.8 Å². The molecule has 1 amide bonds. The number of amides is 1. The molecule has 12 heteroatoms. The number of sulfonamides is 1. The molecule has 2 fully saturated rings. The molecule has 2 aliphatic heterocycles. The summed E-state index contributed by atoms with van der Waals surface area (Å²) in [5.41, 5.74) is -0.348. The predicted molar refractivity (Wildman–Crippen MR) is 111 cm³/mol. The van der Waals surface area contributed by atoms with Crippen LogP contribution in [0.15, 0.2) is 22.3 Å². The van der Waals surface area contributed by atoms with Gasteiger partial charge in [0, 0.05) is 32.1 Å². The molecule has 0 radical (unpaired) electrons. The lowest BCUT2D eigenvalue weighted by Crippen LogP contribution is -2.43. The summed E-state index contributed by atoms with van der Waals surface area (Å²) in [6, 6.07) is 3.70. The van der Waals surface area contributed by atoms with E-state index >= 15 is 0 Å². The van der Waals surface area contributed by atoms with E-state index in [-0.39, 0.29) is 24.1 Å². The van der Waals surface area contributed by atoms with Crippen LogP contribution in [0.1, 0.15) is 24.6 Å². The topological polar surface area (TPSA) is 107 Å². The van der Waals surface area contributed by atoms with Gasteiger partial charge >= 0.3 is 5.69 Å². The molecule has 164 valence electrons. The fourth-order valence-electron chi connectivity index (χ4n) is 3.88. The quantitative estimate of drug-likeness (QED) is 0.633. The first-order valence-corrected chi connectivity index (χ1v) is 12.6. The smallest absolute Gasteiger partial charge is 0.351 e. The minimum absolute atomic E-state index is 0.0578. The maximum Gasteiger partial charge on any atom is 0.351 e. The van der Waals surface area contributed by atoms with Crippen LogP contribution >= 0.6 is 11.3 Å². The van der Waals surface area contributed by atoms with Crippen molar-refractivity contribution in [2.75, 3.05) is 45.6 Å². The van der Waals surface area contributed by atoms with Gasteiger partial charge in [-0.3, -0.25) is 4.79 Å².